The van der Waals surface area contributed by atoms with Gasteiger partial charge in [-0.25, -0.2) is 13.1 Å². The molecule has 0 aromatic carbocycles. The fourth-order valence-electron chi connectivity index (χ4n) is 1.71. The molecule has 0 amide bonds. The van der Waals surface area contributed by atoms with Gasteiger partial charge in [0, 0.05) is 30.5 Å². The smallest absolute Gasteiger partial charge is 0.363 e. The number of sulfonamides is 1. The SMILES string of the molecule is CC(C)NCc1cc(S(=O)(=O)NC(C)CC(F)(F)F)c[nH]1. The van der Waals surface area contributed by atoms with Gasteiger partial charge in [0.15, 0.2) is 0 Å². The summed E-state index contributed by atoms with van der Waals surface area (Å²) < 4.78 is 62.6. The minimum Gasteiger partial charge on any atom is -0.363 e. The average Bonchev–Trinajstić information content (AvgIpc) is 2.71. The van der Waals surface area contributed by atoms with Crippen molar-refractivity contribution in [3.8, 4) is 0 Å². The van der Waals surface area contributed by atoms with E-state index in [2.05, 4.69) is 10.3 Å². The number of rotatable bonds is 7. The topological polar surface area (TPSA) is 74.0 Å². The van der Waals surface area contributed by atoms with Crippen molar-refractivity contribution in [3.63, 3.8) is 0 Å². The van der Waals surface area contributed by atoms with E-state index in [4.69, 9.17) is 0 Å². The van der Waals surface area contributed by atoms with Crippen LogP contribution in [0.1, 0.15) is 32.9 Å². The summed E-state index contributed by atoms with van der Waals surface area (Å²) in [5, 5.41) is 3.10. The van der Waals surface area contributed by atoms with Gasteiger partial charge in [0.25, 0.3) is 0 Å². The predicted molar refractivity (Wildman–Crippen MR) is 73.2 cm³/mol. The van der Waals surface area contributed by atoms with E-state index in [9.17, 15) is 21.6 Å². The second kappa shape index (κ2) is 6.80. The predicted octanol–water partition coefficient (Wildman–Crippen LogP) is 2.13. The van der Waals surface area contributed by atoms with Gasteiger partial charge in [-0.05, 0) is 13.0 Å². The van der Waals surface area contributed by atoms with Crippen LogP contribution in [0.25, 0.3) is 0 Å². The molecule has 21 heavy (non-hydrogen) atoms. The lowest BCUT2D eigenvalue weighted by Crippen LogP contribution is -2.35. The Kier molecular flexibility index (Phi) is 5.83. The van der Waals surface area contributed by atoms with Crippen molar-refractivity contribution >= 4 is 10.0 Å². The third kappa shape index (κ3) is 6.49. The highest BCUT2D eigenvalue weighted by Gasteiger charge is 2.32. The maximum Gasteiger partial charge on any atom is 0.390 e. The summed E-state index contributed by atoms with van der Waals surface area (Å²) in [6, 6.07) is 0.415. The number of alkyl halides is 3. The van der Waals surface area contributed by atoms with Gasteiger partial charge in [0.05, 0.1) is 11.3 Å². The Morgan fingerprint density at radius 2 is 1.90 bits per heavy atom. The quantitative estimate of drug-likeness (QED) is 0.718. The van der Waals surface area contributed by atoms with Crippen LogP contribution in [0.4, 0.5) is 13.2 Å². The number of hydrogen-bond acceptors (Lipinski definition) is 3. The van der Waals surface area contributed by atoms with Crippen molar-refractivity contribution in [1.82, 2.24) is 15.0 Å². The fourth-order valence-corrected chi connectivity index (χ4v) is 2.97. The lowest BCUT2D eigenvalue weighted by Gasteiger charge is -2.15. The Balaban J connectivity index is 2.70. The summed E-state index contributed by atoms with van der Waals surface area (Å²) in [4.78, 5) is 2.71. The van der Waals surface area contributed by atoms with Gasteiger partial charge in [0.1, 0.15) is 0 Å². The molecule has 3 N–H and O–H groups in total. The summed E-state index contributed by atoms with van der Waals surface area (Å²) >= 11 is 0. The van der Waals surface area contributed by atoms with E-state index in [1.54, 1.807) is 0 Å². The first-order chi connectivity index (χ1) is 9.49. The molecule has 1 aromatic heterocycles. The minimum absolute atomic E-state index is 0.0721. The molecular weight excluding hydrogens is 307 g/mol. The van der Waals surface area contributed by atoms with E-state index in [0.29, 0.717) is 12.2 Å². The van der Waals surface area contributed by atoms with Gasteiger partial charge >= 0.3 is 6.18 Å². The number of halogens is 3. The molecule has 1 unspecified atom stereocenters. The average molecular weight is 327 g/mol. The number of H-pyrrole nitrogens is 1. The van der Waals surface area contributed by atoms with Gasteiger partial charge in [-0.1, -0.05) is 13.8 Å². The van der Waals surface area contributed by atoms with Gasteiger partial charge < -0.3 is 10.3 Å². The maximum absolute atomic E-state index is 12.2. The van der Waals surface area contributed by atoms with Crippen LogP contribution in [-0.4, -0.2) is 31.7 Å². The molecule has 1 heterocycles. The third-order valence-corrected chi connectivity index (χ3v) is 4.19. The van der Waals surface area contributed by atoms with Crippen LogP contribution < -0.4 is 10.0 Å². The molecule has 0 spiro atoms. The third-order valence-electron chi connectivity index (χ3n) is 2.62. The van der Waals surface area contributed by atoms with E-state index < -0.39 is 28.7 Å². The Bertz CT molecular complexity index is 552. The van der Waals surface area contributed by atoms with Crippen LogP contribution >= 0.6 is 0 Å². The van der Waals surface area contributed by atoms with Gasteiger partial charge in [-0.15, -0.1) is 0 Å². The molecule has 0 saturated carbocycles. The zero-order valence-corrected chi connectivity index (χ0v) is 12.9. The second-order valence-electron chi connectivity index (χ2n) is 5.24. The van der Waals surface area contributed by atoms with Crippen LogP contribution in [0.15, 0.2) is 17.2 Å². The molecule has 1 aromatic rings. The van der Waals surface area contributed by atoms with Gasteiger partial charge in [0.2, 0.25) is 10.0 Å². The summed E-state index contributed by atoms with van der Waals surface area (Å²) in [5.74, 6) is 0. The number of aromatic amines is 1. The summed E-state index contributed by atoms with van der Waals surface area (Å²) in [5.41, 5.74) is 0.646. The Morgan fingerprint density at radius 3 is 2.43 bits per heavy atom. The van der Waals surface area contributed by atoms with Crippen LogP contribution in [0.3, 0.4) is 0 Å². The standard InChI is InChI=1S/C12H20F3N3O2S/c1-8(2)16-6-10-4-11(7-17-10)21(19,20)18-9(3)5-12(13,14)15/h4,7-9,16-18H,5-6H2,1-3H3. The van der Waals surface area contributed by atoms with Crippen LogP contribution in [-0.2, 0) is 16.6 Å². The lowest BCUT2D eigenvalue weighted by molar-refractivity contribution is -0.137. The first-order valence-electron chi connectivity index (χ1n) is 6.49. The lowest BCUT2D eigenvalue weighted by atomic mass is 10.2. The molecule has 122 valence electrons. The van der Waals surface area contributed by atoms with Crippen LogP contribution in [0.5, 0.6) is 0 Å². The molecule has 0 aliphatic heterocycles. The molecule has 1 atom stereocenters. The van der Waals surface area contributed by atoms with Gasteiger partial charge in [-0.3, -0.25) is 0 Å². The summed E-state index contributed by atoms with van der Waals surface area (Å²) in [7, 11) is -3.96. The Labute approximate surface area is 122 Å². The molecule has 0 aliphatic rings. The molecule has 0 saturated heterocycles. The van der Waals surface area contributed by atoms with Crippen molar-refractivity contribution in [1.29, 1.82) is 0 Å². The van der Waals surface area contributed by atoms with Gasteiger partial charge in [-0.2, -0.15) is 13.2 Å². The Morgan fingerprint density at radius 1 is 1.29 bits per heavy atom. The monoisotopic (exact) mass is 327 g/mol. The summed E-state index contributed by atoms with van der Waals surface area (Å²) in [6.45, 7) is 5.52. The molecule has 0 bridgehead atoms. The maximum atomic E-state index is 12.2. The van der Waals surface area contributed by atoms with E-state index in [0.717, 1.165) is 0 Å². The highest BCUT2D eigenvalue weighted by atomic mass is 32.2. The number of aromatic nitrogens is 1. The molecular formula is C12H20F3N3O2S. The largest absolute Gasteiger partial charge is 0.390 e. The van der Waals surface area contributed by atoms with E-state index in [-0.39, 0.29) is 10.9 Å². The molecule has 0 radical (unpaired) electrons. The van der Waals surface area contributed by atoms with E-state index in [1.807, 2.05) is 18.6 Å². The first-order valence-corrected chi connectivity index (χ1v) is 7.97. The molecule has 1 rings (SSSR count). The number of nitrogens with one attached hydrogen (secondary N) is 3. The van der Waals surface area contributed by atoms with Crippen molar-refractivity contribution in [2.24, 2.45) is 0 Å². The first kappa shape index (κ1) is 18.0. The highest BCUT2D eigenvalue weighted by Crippen LogP contribution is 2.22. The van der Waals surface area contributed by atoms with E-state index >= 15 is 0 Å². The van der Waals surface area contributed by atoms with Crippen molar-refractivity contribution in [3.05, 3.63) is 18.0 Å². The van der Waals surface area contributed by atoms with Crippen LogP contribution in [0.2, 0.25) is 0 Å². The van der Waals surface area contributed by atoms with E-state index in [1.165, 1.54) is 19.2 Å². The van der Waals surface area contributed by atoms with Crippen LogP contribution in [0, 0.1) is 0 Å². The zero-order valence-electron chi connectivity index (χ0n) is 12.1. The number of hydrogen-bond donors (Lipinski definition) is 3. The molecule has 0 fully saturated rings. The zero-order chi connectivity index (χ0) is 16.3. The summed E-state index contributed by atoms with van der Waals surface area (Å²) in [6.07, 6.45) is -4.36. The molecule has 9 heteroatoms. The normalized spacial score (nSPS) is 14.6. The molecule has 5 nitrogen and oxygen atoms in total. The minimum atomic E-state index is -4.41. The highest BCUT2D eigenvalue weighted by molar-refractivity contribution is 7.89. The fraction of sp³-hybridized carbons (Fsp3) is 0.667. The Hall–Kier alpha value is -1.06. The van der Waals surface area contributed by atoms with Crippen molar-refractivity contribution < 1.29 is 21.6 Å². The molecule has 0 aliphatic carbocycles. The second-order valence-corrected chi connectivity index (χ2v) is 6.95. The van der Waals surface area contributed by atoms with Crippen molar-refractivity contribution in [2.75, 3.05) is 0 Å². The van der Waals surface area contributed by atoms with Crippen molar-refractivity contribution in [2.45, 2.75) is 56.9 Å².